The fourth-order valence-corrected chi connectivity index (χ4v) is 3.45. The summed E-state index contributed by atoms with van der Waals surface area (Å²) in [4.78, 5) is 0. The van der Waals surface area contributed by atoms with Crippen LogP contribution in [0.3, 0.4) is 0 Å². The van der Waals surface area contributed by atoms with Crippen LogP contribution in [0.25, 0.3) is 31.9 Å². The lowest BCUT2D eigenvalue weighted by Crippen LogP contribution is -1.80. The number of hydrogen-bond acceptors (Lipinski definition) is 3. The van der Waals surface area contributed by atoms with E-state index in [0.29, 0.717) is 0 Å². The molecule has 0 radical (unpaired) electrons. The molecule has 4 rings (SSSR count). The Labute approximate surface area is 133 Å². The average Bonchev–Trinajstić information content (AvgIpc) is 3.05. The van der Waals surface area contributed by atoms with Gasteiger partial charge < -0.3 is 0 Å². The van der Waals surface area contributed by atoms with Crippen molar-refractivity contribution in [1.82, 2.24) is 10.2 Å². The Morgan fingerprint density at radius 3 is 2.32 bits per heavy atom. The molecule has 2 nitrogen and oxygen atoms in total. The maximum Gasteiger partial charge on any atom is 0.148 e. The first kappa shape index (κ1) is 13.2. The number of aromatic nitrogens is 2. The Morgan fingerprint density at radius 2 is 1.45 bits per heavy atom. The number of rotatable bonds is 2. The first-order valence-electron chi connectivity index (χ1n) is 7.20. The molecule has 0 atom stereocenters. The number of nitrogens with zero attached hydrogens (tertiary/aromatic N) is 2. The van der Waals surface area contributed by atoms with E-state index in [-0.39, 0.29) is 0 Å². The minimum absolute atomic E-state index is 0.961. The van der Waals surface area contributed by atoms with Crippen molar-refractivity contribution in [3.63, 3.8) is 0 Å². The number of benzene rings is 3. The van der Waals surface area contributed by atoms with Crippen molar-refractivity contribution in [2.75, 3.05) is 0 Å². The van der Waals surface area contributed by atoms with Crippen LogP contribution >= 0.6 is 11.3 Å². The third kappa shape index (κ3) is 2.30. The largest absolute Gasteiger partial charge is 0.148 e. The Morgan fingerprint density at radius 1 is 0.727 bits per heavy atom. The highest BCUT2D eigenvalue weighted by Gasteiger charge is 2.10. The number of aryl methyl sites for hydroxylation is 1. The summed E-state index contributed by atoms with van der Waals surface area (Å²) < 4.78 is 0. The molecule has 0 bridgehead atoms. The lowest BCUT2D eigenvalue weighted by Gasteiger charge is -2.02. The van der Waals surface area contributed by atoms with Gasteiger partial charge in [0, 0.05) is 11.1 Å². The van der Waals surface area contributed by atoms with Crippen molar-refractivity contribution in [2.24, 2.45) is 0 Å². The van der Waals surface area contributed by atoms with Crippen LogP contribution in [0, 0.1) is 6.92 Å². The van der Waals surface area contributed by atoms with E-state index in [1.807, 2.05) is 0 Å². The van der Waals surface area contributed by atoms with Gasteiger partial charge >= 0.3 is 0 Å². The van der Waals surface area contributed by atoms with Gasteiger partial charge in [-0.2, -0.15) is 0 Å². The molecular weight excluding hydrogens is 288 g/mol. The van der Waals surface area contributed by atoms with E-state index in [2.05, 4.69) is 83.9 Å². The van der Waals surface area contributed by atoms with Gasteiger partial charge in [-0.15, -0.1) is 10.2 Å². The second-order valence-electron chi connectivity index (χ2n) is 5.31. The normalized spacial score (nSPS) is 11.0. The molecule has 0 fully saturated rings. The average molecular weight is 302 g/mol. The fraction of sp³-hybridized carbons (Fsp3) is 0.0526. The zero-order valence-electron chi connectivity index (χ0n) is 12.2. The molecule has 0 unspecified atom stereocenters. The Kier molecular flexibility index (Phi) is 3.20. The Bertz CT molecular complexity index is 934. The summed E-state index contributed by atoms with van der Waals surface area (Å²) in [5.41, 5.74) is 3.52. The molecule has 0 N–H and O–H groups in total. The number of fused-ring (bicyclic) bond motifs is 1. The first-order chi connectivity index (χ1) is 10.8. The predicted octanol–water partition coefficient (Wildman–Crippen LogP) is 5.33. The quantitative estimate of drug-likeness (QED) is 0.500. The lowest BCUT2D eigenvalue weighted by atomic mass is 10.1. The first-order valence-corrected chi connectivity index (χ1v) is 8.01. The molecule has 3 aromatic carbocycles. The topological polar surface area (TPSA) is 25.8 Å². The van der Waals surface area contributed by atoms with Gasteiger partial charge in [0.2, 0.25) is 0 Å². The summed E-state index contributed by atoms with van der Waals surface area (Å²) >= 11 is 1.64. The molecular formula is C19H14N2S. The maximum absolute atomic E-state index is 4.40. The van der Waals surface area contributed by atoms with Gasteiger partial charge in [0.25, 0.3) is 0 Å². The van der Waals surface area contributed by atoms with E-state index >= 15 is 0 Å². The molecule has 106 valence electrons. The summed E-state index contributed by atoms with van der Waals surface area (Å²) in [7, 11) is 0. The van der Waals surface area contributed by atoms with Crippen LogP contribution in [0.2, 0.25) is 0 Å². The van der Waals surface area contributed by atoms with Crippen molar-refractivity contribution < 1.29 is 0 Å². The zero-order chi connectivity index (χ0) is 14.9. The molecule has 4 aromatic rings. The van der Waals surface area contributed by atoms with Gasteiger partial charge in [-0.1, -0.05) is 83.6 Å². The number of hydrogen-bond donors (Lipinski definition) is 0. The second-order valence-corrected chi connectivity index (χ2v) is 6.28. The fourth-order valence-electron chi connectivity index (χ4n) is 2.56. The highest BCUT2D eigenvalue weighted by atomic mass is 32.1. The van der Waals surface area contributed by atoms with Gasteiger partial charge in [0.1, 0.15) is 10.0 Å². The summed E-state index contributed by atoms with van der Waals surface area (Å²) in [6.07, 6.45) is 0. The van der Waals surface area contributed by atoms with E-state index in [4.69, 9.17) is 0 Å². The van der Waals surface area contributed by atoms with Crippen LogP contribution in [0.1, 0.15) is 5.56 Å². The van der Waals surface area contributed by atoms with Gasteiger partial charge in [-0.05, 0) is 17.7 Å². The minimum atomic E-state index is 0.961. The SMILES string of the molecule is Cc1ccc(-c2nnc(-c3cccc4ccccc34)s2)cc1. The second kappa shape index (κ2) is 5.35. The molecule has 3 heteroatoms. The van der Waals surface area contributed by atoms with Gasteiger partial charge in [0.05, 0.1) is 0 Å². The Balaban J connectivity index is 1.82. The van der Waals surface area contributed by atoms with E-state index in [1.54, 1.807) is 11.3 Å². The highest BCUT2D eigenvalue weighted by Crippen LogP contribution is 2.33. The van der Waals surface area contributed by atoms with Crippen molar-refractivity contribution in [3.8, 4) is 21.1 Å². The summed E-state index contributed by atoms with van der Waals surface area (Å²) in [6.45, 7) is 2.09. The highest BCUT2D eigenvalue weighted by molar-refractivity contribution is 7.18. The van der Waals surface area contributed by atoms with E-state index in [1.165, 1.54) is 16.3 Å². The molecule has 0 aliphatic heterocycles. The molecule has 0 amide bonds. The molecule has 0 spiro atoms. The molecule has 0 aliphatic rings. The van der Waals surface area contributed by atoms with Gasteiger partial charge in [-0.25, -0.2) is 0 Å². The maximum atomic E-state index is 4.40. The van der Waals surface area contributed by atoms with Crippen molar-refractivity contribution in [1.29, 1.82) is 0 Å². The van der Waals surface area contributed by atoms with Crippen LogP contribution in [0.4, 0.5) is 0 Å². The summed E-state index contributed by atoms with van der Waals surface area (Å²) in [6, 6.07) is 23.1. The lowest BCUT2D eigenvalue weighted by molar-refractivity contribution is 1.10. The molecule has 0 aliphatic carbocycles. The van der Waals surface area contributed by atoms with Crippen LogP contribution in [-0.4, -0.2) is 10.2 Å². The minimum Gasteiger partial charge on any atom is -0.138 e. The standard InChI is InChI=1S/C19H14N2S/c1-13-9-11-15(12-10-13)18-20-21-19(22-18)17-8-4-6-14-5-2-3-7-16(14)17/h2-12H,1H3. The third-order valence-electron chi connectivity index (χ3n) is 3.74. The van der Waals surface area contributed by atoms with E-state index < -0.39 is 0 Å². The zero-order valence-corrected chi connectivity index (χ0v) is 13.0. The molecule has 1 aromatic heterocycles. The van der Waals surface area contributed by atoms with Crippen molar-refractivity contribution >= 4 is 22.1 Å². The van der Waals surface area contributed by atoms with Gasteiger partial charge in [0.15, 0.2) is 0 Å². The summed E-state index contributed by atoms with van der Waals surface area (Å²) in [5, 5.41) is 13.1. The van der Waals surface area contributed by atoms with E-state index in [0.717, 1.165) is 21.1 Å². The molecule has 22 heavy (non-hydrogen) atoms. The van der Waals surface area contributed by atoms with Crippen molar-refractivity contribution in [3.05, 3.63) is 72.3 Å². The van der Waals surface area contributed by atoms with Gasteiger partial charge in [-0.3, -0.25) is 0 Å². The molecule has 1 heterocycles. The van der Waals surface area contributed by atoms with Crippen molar-refractivity contribution in [2.45, 2.75) is 6.92 Å². The van der Waals surface area contributed by atoms with E-state index in [9.17, 15) is 0 Å². The van der Waals surface area contributed by atoms with Crippen LogP contribution in [0.15, 0.2) is 66.7 Å². The van der Waals surface area contributed by atoms with Crippen LogP contribution < -0.4 is 0 Å². The summed E-state index contributed by atoms with van der Waals surface area (Å²) in [5.74, 6) is 0. The van der Waals surface area contributed by atoms with Crippen LogP contribution in [-0.2, 0) is 0 Å². The Hall–Kier alpha value is -2.52. The molecule has 0 saturated carbocycles. The molecule has 0 saturated heterocycles. The third-order valence-corrected chi connectivity index (χ3v) is 4.75. The van der Waals surface area contributed by atoms with Crippen LogP contribution in [0.5, 0.6) is 0 Å². The predicted molar refractivity (Wildman–Crippen MR) is 93.0 cm³/mol. The smallest absolute Gasteiger partial charge is 0.138 e. The monoisotopic (exact) mass is 302 g/mol.